The van der Waals surface area contributed by atoms with Gasteiger partial charge in [-0.05, 0) is 12.8 Å². The molecule has 2 heterocycles. The summed E-state index contributed by atoms with van der Waals surface area (Å²) in [6.45, 7) is 0.253. The van der Waals surface area contributed by atoms with Crippen LogP contribution in [0, 0.1) is 5.92 Å². The second-order valence-corrected chi connectivity index (χ2v) is 3.79. The summed E-state index contributed by atoms with van der Waals surface area (Å²) in [7, 11) is 0. The maximum atomic E-state index is 12.6. The molecule has 0 bridgehead atoms. The van der Waals surface area contributed by atoms with Crippen LogP contribution in [0.3, 0.4) is 0 Å². The van der Waals surface area contributed by atoms with Gasteiger partial charge in [-0.2, -0.15) is 13.2 Å². The molecule has 2 aliphatic heterocycles. The van der Waals surface area contributed by atoms with Crippen LogP contribution < -0.4 is 5.32 Å². The van der Waals surface area contributed by atoms with E-state index in [4.69, 9.17) is 4.74 Å². The summed E-state index contributed by atoms with van der Waals surface area (Å²) in [5.74, 6) is -2.13. The number of fused-ring (bicyclic) bond motifs is 1. The topological polar surface area (TPSA) is 58.6 Å². The molecule has 86 valence electrons. The zero-order valence-corrected chi connectivity index (χ0v) is 7.67. The van der Waals surface area contributed by atoms with Gasteiger partial charge in [-0.3, -0.25) is 4.79 Å². The van der Waals surface area contributed by atoms with Crippen molar-refractivity contribution in [1.82, 2.24) is 5.32 Å². The first kappa shape index (κ1) is 10.7. The lowest BCUT2D eigenvalue weighted by molar-refractivity contribution is -0.289. The summed E-state index contributed by atoms with van der Waals surface area (Å²) in [5.41, 5.74) is -3.13. The molecule has 15 heavy (non-hydrogen) atoms. The van der Waals surface area contributed by atoms with E-state index in [9.17, 15) is 23.1 Å². The number of hydrogen-bond donors (Lipinski definition) is 2. The van der Waals surface area contributed by atoms with Gasteiger partial charge in [-0.1, -0.05) is 0 Å². The fourth-order valence-electron chi connectivity index (χ4n) is 2.10. The Labute approximate surface area is 83.4 Å². The minimum atomic E-state index is -4.87. The number of halogens is 3. The maximum absolute atomic E-state index is 12.6. The summed E-state index contributed by atoms with van der Waals surface area (Å²) in [6.07, 6.45) is -5.51. The Morgan fingerprint density at radius 3 is 2.80 bits per heavy atom. The minimum Gasteiger partial charge on any atom is -0.368 e. The van der Waals surface area contributed by atoms with Gasteiger partial charge in [0.2, 0.25) is 5.72 Å². The normalized spacial score (nSPS) is 41.2. The lowest BCUT2D eigenvalue weighted by Gasteiger charge is -2.34. The molecule has 2 aliphatic rings. The molecule has 0 aromatic heterocycles. The third-order valence-electron chi connectivity index (χ3n) is 2.86. The van der Waals surface area contributed by atoms with Crippen LogP contribution >= 0.6 is 0 Å². The fraction of sp³-hybridized carbons (Fsp3) is 0.875. The average Bonchev–Trinajstić information content (AvgIpc) is 2.41. The highest BCUT2D eigenvalue weighted by Gasteiger charge is 2.67. The van der Waals surface area contributed by atoms with E-state index in [1.165, 1.54) is 0 Å². The summed E-state index contributed by atoms with van der Waals surface area (Å²) < 4.78 is 42.6. The van der Waals surface area contributed by atoms with Crippen LogP contribution in [0.25, 0.3) is 0 Å². The number of carbonyl (C=O) groups is 1. The van der Waals surface area contributed by atoms with Crippen LogP contribution in [0.1, 0.15) is 12.8 Å². The third kappa shape index (κ3) is 1.41. The molecule has 2 rings (SSSR count). The Morgan fingerprint density at radius 1 is 1.53 bits per heavy atom. The molecule has 0 aromatic carbocycles. The number of amides is 1. The van der Waals surface area contributed by atoms with Crippen LogP contribution in [0.4, 0.5) is 13.2 Å². The van der Waals surface area contributed by atoms with Gasteiger partial charge < -0.3 is 15.2 Å². The first-order chi connectivity index (χ1) is 6.86. The molecule has 0 radical (unpaired) electrons. The van der Waals surface area contributed by atoms with Crippen LogP contribution in [0.5, 0.6) is 0 Å². The second kappa shape index (κ2) is 3.08. The highest BCUT2D eigenvalue weighted by molar-refractivity contribution is 5.85. The van der Waals surface area contributed by atoms with E-state index in [0.717, 1.165) is 0 Å². The predicted octanol–water partition coefficient (Wildman–Crippen LogP) is 0.162. The van der Waals surface area contributed by atoms with Crippen molar-refractivity contribution >= 4 is 5.91 Å². The van der Waals surface area contributed by atoms with Gasteiger partial charge in [0.1, 0.15) is 6.10 Å². The predicted molar refractivity (Wildman–Crippen MR) is 41.6 cm³/mol. The largest absolute Gasteiger partial charge is 0.436 e. The molecule has 7 heteroatoms. The highest BCUT2D eigenvalue weighted by Crippen LogP contribution is 2.44. The molecule has 0 saturated carbocycles. The van der Waals surface area contributed by atoms with Crippen LogP contribution in [0.2, 0.25) is 0 Å². The molecule has 0 aliphatic carbocycles. The Bertz CT molecular complexity index is 293. The molecule has 1 amide bonds. The monoisotopic (exact) mass is 225 g/mol. The van der Waals surface area contributed by atoms with E-state index < -0.39 is 29.8 Å². The van der Waals surface area contributed by atoms with E-state index >= 15 is 0 Å². The zero-order valence-electron chi connectivity index (χ0n) is 7.67. The van der Waals surface area contributed by atoms with Gasteiger partial charge in [0.05, 0.1) is 5.92 Å². The molecule has 0 spiro atoms. The number of rotatable bonds is 0. The number of hydrogen-bond acceptors (Lipinski definition) is 3. The van der Waals surface area contributed by atoms with E-state index in [0.29, 0.717) is 6.42 Å². The Kier molecular flexibility index (Phi) is 2.20. The molecule has 4 nitrogen and oxygen atoms in total. The van der Waals surface area contributed by atoms with E-state index in [2.05, 4.69) is 0 Å². The number of nitrogens with one attached hydrogen (secondary N) is 1. The molecule has 3 atom stereocenters. The zero-order chi connectivity index (χ0) is 11.3. The standard InChI is InChI=1S/C8H10F3NO3/c9-8(10,11)7(14)4-2-1-3-15-5(4)6(13)12-7/h4-5,14H,1-3H2,(H,12,13). The Morgan fingerprint density at radius 2 is 2.20 bits per heavy atom. The quantitative estimate of drug-likeness (QED) is 0.617. The molecule has 2 saturated heterocycles. The van der Waals surface area contributed by atoms with Crippen molar-refractivity contribution in [2.45, 2.75) is 30.8 Å². The number of aliphatic hydroxyl groups is 1. The Balaban J connectivity index is 2.32. The SMILES string of the molecule is O=C1NC(O)(C(F)(F)F)C2CCCOC12. The first-order valence-electron chi connectivity index (χ1n) is 4.59. The van der Waals surface area contributed by atoms with Crippen molar-refractivity contribution in [2.24, 2.45) is 5.92 Å². The summed E-state index contributed by atoms with van der Waals surface area (Å²) in [5, 5.41) is 11.0. The van der Waals surface area contributed by atoms with Crippen molar-refractivity contribution in [2.75, 3.05) is 6.61 Å². The highest BCUT2D eigenvalue weighted by atomic mass is 19.4. The molecule has 0 aromatic rings. The van der Waals surface area contributed by atoms with Crippen molar-refractivity contribution in [1.29, 1.82) is 0 Å². The van der Waals surface area contributed by atoms with Gasteiger partial charge in [0, 0.05) is 6.61 Å². The molecule has 2 N–H and O–H groups in total. The van der Waals surface area contributed by atoms with Gasteiger partial charge >= 0.3 is 6.18 Å². The van der Waals surface area contributed by atoms with Crippen LogP contribution in [-0.4, -0.2) is 35.6 Å². The average molecular weight is 225 g/mol. The van der Waals surface area contributed by atoms with Crippen LogP contribution in [-0.2, 0) is 9.53 Å². The number of carbonyl (C=O) groups excluding carboxylic acids is 1. The van der Waals surface area contributed by atoms with Crippen molar-refractivity contribution in [3.63, 3.8) is 0 Å². The molecule has 2 fully saturated rings. The third-order valence-corrected chi connectivity index (χ3v) is 2.86. The molecular weight excluding hydrogens is 215 g/mol. The minimum absolute atomic E-state index is 0.124. The van der Waals surface area contributed by atoms with E-state index in [1.807, 2.05) is 0 Å². The van der Waals surface area contributed by atoms with E-state index in [1.54, 1.807) is 5.32 Å². The molecular formula is C8H10F3NO3. The molecule has 3 unspecified atom stereocenters. The van der Waals surface area contributed by atoms with Gasteiger partial charge in [-0.25, -0.2) is 0 Å². The Hall–Kier alpha value is -0.820. The smallest absolute Gasteiger partial charge is 0.368 e. The van der Waals surface area contributed by atoms with Crippen LogP contribution in [0.15, 0.2) is 0 Å². The van der Waals surface area contributed by atoms with Gasteiger partial charge in [0.25, 0.3) is 5.91 Å². The lowest BCUT2D eigenvalue weighted by Crippen LogP contribution is -2.58. The van der Waals surface area contributed by atoms with Crippen molar-refractivity contribution in [3.05, 3.63) is 0 Å². The maximum Gasteiger partial charge on any atom is 0.436 e. The summed E-state index contributed by atoms with van der Waals surface area (Å²) in [6, 6.07) is 0. The second-order valence-electron chi connectivity index (χ2n) is 3.79. The lowest BCUT2D eigenvalue weighted by atomic mass is 9.88. The summed E-state index contributed by atoms with van der Waals surface area (Å²) >= 11 is 0. The van der Waals surface area contributed by atoms with Gasteiger partial charge in [-0.15, -0.1) is 0 Å². The van der Waals surface area contributed by atoms with Crippen molar-refractivity contribution < 1.29 is 27.8 Å². The summed E-state index contributed by atoms with van der Waals surface area (Å²) in [4.78, 5) is 11.2. The van der Waals surface area contributed by atoms with Crippen molar-refractivity contribution in [3.8, 4) is 0 Å². The number of ether oxygens (including phenoxy) is 1. The number of alkyl halides is 3. The first-order valence-corrected chi connectivity index (χ1v) is 4.59. The fourth-order valence-corrected chi connectivity index (χ4v) is 2.10. The van der Waals surface area contributed by atoms with Gasteiger partial charge in [0.15, 0.2) is 0 Å². The van der Waals surface area contributed by atoms with E-state index in [-0.39, 0.29) is 13.0 Å².